The summed E-state index contributed by atoms with van der Waals surface area (Å²) in [6.07, 6.45) is 6.06. The number of urea groups is 1. The first-order chi connectivity index (χ1) is 12.8. The fraction of sp³-hybridized carbons (Fsp3) is 0.579. The molecule has 0 bridgehead atoms. The largest absolute Gasteiger partial charge is 0.379 e. The van der Waals surface area contributed by atoms with Crippen molar-refractivity contribution in [2.75, 3.05) is 38.2 Å². The maximum absolute atomic E-state index is 12.5. The summed E-state index contributed by atoms with van der Waals surface area (Å²) in [5.41, 5.74) is 0.998. The third kappa shape index (κ3) is 3.84. The van der Waals surface area contributed by atoms with E-state index >= 15 is 0 Å². The van der Waals surface area contributed by atoms with E-state index in [-0.39, 0.29) is 11.6 Å². The monoisotopic (exact) mass is 374 g/mol. The third-order valence-electron chi connectivity index (χ3n) is 5.56. The molecule has 4 rings (SSSR count). The molecule has 1 aromatic heterocycles. The number of thiazole rings is 1. The maximum Gasteiger partial charge on any atom is 0.321 e. The van der Waals surface area contributed by atoms with Crippen molar-refractivity contribution in [3.63, 3.8) is 0 Å². The summed E-state index contributed by atoms with van der Waals surface area (Å²) >= 11 is 1.50. The Balaban J connectivity index is 1.39. The van der Waals surface area contributed by atoms with Crippen LogP contribution in [0.15, 0.2) is 24.3 Å². The fourth-order valence-electron chi connectivity index (χ4n) is 4.16. The molecule has 1 aliphatic carbocycles. The Hall–Kier alpha value is -1.70. The highest BCUT2D eigenvalue weighted by Gasteiger charge is 2.38. The molecule has 0 radical (unpaired) electrons. The molecule has 6 nitrogen and oxygen atoms in total. The molecule has 2 aliphatic rings. The van der Waals surface area contributed by atoms with Crippen molar-refractivity contribution in [1.82, 2.24) is 15.2 Å². The second kappa shape index (κ2) is 7.90. The molecule has 0 atom stereocenters. The van der Waals surface area contributed by atoms with Crippen LogP contribution in [0.5, 0.6) is 0 Å². The third-order valence-corrected chi connectivity index (χ3v) is 6.51. The molecule has 1 aliphatic heterocycles. The number of anilines is 1. The number of morpholine rings is 1. The topological polar surface area (TPSA) is 66.5 Å². The maximum atomic E-state index is 12.5. The number of nitrogens with one attached hydrogen (secondary N) is 2. The van der Waals surface area contributed by atoms with Gasteiger partial charge in [-0.05, 0) is 25.0 Å². The molecule has 1 saturated carbocycles. The van der Waals surface area contributed by atoms with Crippen LogP contribution in [0.4, 0.5) is 9.93 Å². The lowest BCUT2D eigenvalue weighted by molar-refractivity contribution is -0.0356. The SMILES string of the molecule is O=C(NCC1(N2CCOCC2)CCCCC1)Nc1nc2ccccc2s1. The van der Waals surface area contributed by atoms with Crippen LogP contribution in [0.1, 0.15) is 32.1 Å². The van der Waals surface area contributed by atoms with Gasteiger partial charge in [-0.25, -0.2) is 9.78 Å². The van der Waals surface area contributed by atoms with Gasteiger partial charge >= 0.3 is 6.03 Å². The first-order valence-corrected chi connectivity index (χ1v) is 10.3. The standard InChI is InChI=1S/C19H26N4O2S/c24-17(22-18-21-15-6-2-3-7-16(15)26-18)20-14-19(8-4-1-5-9-19)23-10-12-25-13-11-23/h2-3,6-7H,1,4-5,8-14H2,(H2,20,21,22,24). The van der Waals surface area contributed by atoms with Crippen LogP contribution in [-0.4, -0.2) is 54.3 Å². The minimum Gasteiger partial charge on any atom is -0.379 e. The number of hydrogen-bond donors (Lipinski definition) is 2. The lowest BCUT2D eigenvalue weighted by Gasteiger charge is -2.48. The number of fused-ring (bicyclic) bond motifs is 1. The first kappa shape index (κ1) is 17.7. The molecule has 2 aromatic rings. The van der Waals surface area contributed by atoms with Gasteiger partial charge in [0.15, 0.2) is 5.13 Å². The van der Waals surface area contributed by atoms with Crippen molar-refractivity contribution in [1.29, 1.82) is 0 Å². The summed E-state index contributed by atoms with van der Waals surface area (Å²) in [6, 6.07) is 7.76. The van der Waals surface area contributed by atoms with Crippen molar-refractivity contribution in [3.8, 4) is 0 Å². The quantitative estimate of drug-likeness (QED) is 0.860. The second-order valence-corrected chi connectivity index (χ2v) is 8.21. The number of hydrogen-bond acceptors (Lipinski definition) is 5. The van der Waals surface area contributed by atoms with E-state index in [4.69, 9.17) is 4.74 Å². The van der Waals surface area contributed by atoms with E-state index in [1.807, 2.05) is 24.3 Å². The van der Waals surface area contributed by atoms with E-state index in [0.29, 0.717) is 11.7 Å². The van der Waals surface area contributed by atoms with Gasteiger partial charge in [0, 0.05) is 25.2 Å². The van der Waals surface area contributed by atoms with Gasteiger partial charge in [-0.2, -0.15) is 0 Å². The van der Waals surface area contributed by atoms with Gasteiger partial charge in [0.1, 0.15) is 0 Å². The van der Waals surface area contributed by atoms with Gasteiger partial charge in [-0.3, -0.25) is 10.2 Å². The molecule has 0 unspecified atom stereocenters. The Labute approximate surface area is 157 Å². The number of nitrogens with zero attached hydrogens (tertiary/aromatic N) is 2. The minimum absolute atomic E-state index is 0.0764. The summed E-state index contributed by atoms with van der Waals surface area (Å²) in [6.45, 7) is 4.19. The number of ether oxygens (including phenoxy) is 1. The zero-order valence-corrected chi connectivity index (χ0v) is 15.8. The van der Waals surface area contributed by atoms with Crippen LogP contribution in [0.25, 0.3) is 10.2 Å². The Kier molecular flexibility index (Phi) is 5.38. The molecule has 2 amide bonds. The molecule has 2 N–H and O–H groups in total. The zero-order valence-electron chi connectivity index (χ0n) is 15.0. The lowest BCUT2D eigenvalue weighted by atomic mass is 9.80. The average molecular weight is 375 g/mol. The van der Waals surface area contributed by atoms with E-state index in [0.717, 1.165) is 49.4 Å². The first-order valence-electron chi connectivity index (χ1n) is 9.48. The fourth-order valence-corrected chi connectivity index (χ4v) is 5.03. The van der Waals surface area contributed by atoms with Gasteiger partial charge in [0.05, 0.1) is 23.4 Å². The molecule has 2 fully saturated rings. The predicted molar refractivity (Wildman–Crippen MR) is 105 cm³/mol. The Morgan fingerprint density at radius 2 is 1.96 bits per heavy atom. The van der Waals surface area contributed by atoms with Crippen molar-refractivity contribution in [2.24, 2.45) is 0 Å². The number of rotatable bonds is 4. The smallest absolute Gasteiger partial charge is 0.321 e. The predicted octanol–water partition coefficient (Wildman–Crippen LogP) is 3.45. The number of aromatic nitrogens is 1. The molecule has 2 heterocycles. The van der Waals surface area contributed by atoms with Crippen LogP contribution >= 0.6 is 11.3 Å². The highest BCUT2D eigenvalue weighted by atomic mass is 32.1. The number of benzene rings is 1. The van der Waals surface area contributed by atoms with Gasteiger partial charge < -0.3 is 10.1 Å². The number of carbonyl (C=O) groups is 1. The van der Waals surface area contributed by atoms with Crippen LogP contribution in [0.3, 0.4) is 0 Å². The van der Waals surface area contributed by atoms with Crippen molar-refractivity contribution in [2.45, 2.75) is 37.6 Å². The number of carbonyl (C=O) groups excluding carboxylic acids is 1. The zero-order chi connectivity index (χ0) is 17.8. The molecule has 1 aromatic carbocycles. The number of para-hydroxylation sites is 1. The minimum atomic E-state index is -0.165. The van der Waals surface area contributed by atoms with Gasteiger partial charge in [0.2, 0.25) is 0 Å². The number of amides is 2. The molecule has 1 saturated heterocycles. The van der Waals surface area contributed by atoms with Crippen molar-refractivity contribution in [3.05, 3.63) is 24.3 Å². The van der Waals surface area contributed by atoms with Crippen molar-refractivity contribution >= 4 is 32.7 Å². The van der Waals surface area contributed by atoms with E-state index in [1.165, 1.54) is 30.6 Å². The van der Waals surface area contributed by atoms with Gasteiger partial charge in [0.25, 0.3) is 0 Å². The van der Waals surface area contributed by atoms with Gasteiger partial charge in [-0.15, -0.1) is 0 Å². The Morgan fingerprint density at radius 3 is 2.73 bits per heavy atom. The summed E-state index contributed by atoms with van der Waals surface area (Å²) in [5, 5.41) is 6.67. The van der Waals surface area contributed by atoms with Crippen LogP contribution < -0.4 is 10.6 Å². The summed E-state index contributed by atoms with van der Waals surface area (Å²) < 4.78 is 6.60. The molecule has 26 heavy (non-hydrogen) atoms. The molecular weight excluding hydrogens is 348 g/mol. The Bertz CT molecular complexity index is 718. The van der Waals surface area contributed by atoms with E-state index in [1.54, 1.807) is 0 Å². The van der Waals surface area contributed by atoms with Crippen molar-refractivity contribution < 1.29 is 9.53 Å². The van der Waals surface area contributed by atoms with E-state index in [9.17, 15) is 4.79 Å². The Morgan fingerprint density at radius 1 is 1.19 bits per heavy atom. The second-order valence-electron chi connectivity index (χ2n) is 7.18. The molecular formula is C19H26N4O2S. The van der Waals surface area contributed by atoms with Crippen LogP contribution in [-0.2, 0) is 4.74 Å². The summed E-state index contributed by atoms with van der Waals surface area (Å²) in [5.74, 6) is 0. The summed E-state index contributed by atoms with van der Waals surface area (Å²) in [7, 11) is 0. The molecule has 140 valence electrons. The molecule has 0 spiro atoms. The molecule has 7 heteroatoms. The lowest BCUT2D eigenvalue weighted by Crippen LogP contribution is -2.60. The summed E-state index contributed by atoms with van der Waals surface area (Å²) in [4.78, 5) is 19.5. The van der Waals surface area contributed by atoms with E-state index < -0.39 is 0 Å². The normalized spacial score (nSPS) is 20.8. The highest BCUT2D eigenvalue weighted by molar-refractivity contribution is 7.22. The average Bonchev–Trinajstić information content (AvgIpc) is 3.10. The van der Waals surface area contributed by atoms with Crippen LogP contribution in [0, 0.1) is 0 Å². The highest BCUT2D eigenvalue weighted by Crippen LogP contribution is 2.34. The van der Waals surface area contributed by atoms with E-state index in [2.05, 4.69) is 20.5 Å². The van der Waals surface area contributed by atoms with Gasteiger partial charge in [-0.1, -0.05) is 42.7 Å². The van der Waals surface area contributed by atoms with Crippen LogP contribution in [0.2, 0.25) is 0 Å².